The first-order valence-electron chi connectivity index (χ1n) is 12.1. The lowest BCUT2D eigenvalue weighted by molar-refractivity contribution is 0.0269. The number of alkyl halides is 1. The van der Waals surface area contributed by atoms with Gasteiger partial charge in [0.15, 0.2) is 0 Å². The summed E-state index contributed by atoms with van der Waals surface area (Å²) < 4.78 is 34.6. The first-order valence-corrected chi connectivity index (χ1v) is 12.1. The van der Waals surface area contributed by atoms with Crippen molar-refractivity contribution in [2.24, 2.45) is 22.7 Å². The summed E-state index contributed by atoms with van der Waals surface area (Å²) in [6.45, 7) is 5.79. The lowest BCUT2D eigenvalue weighted by atomic mass is 9.64. The molecule has 3 aliphatic rings. The Morgan fingerprint density at radius 3 is 2.44 bits per heavy atom. The van der Waals surface area contributed by atoms with Crippen LogP contribution in [0.25, 0.3) is 11.1 Å². The Hall–Kier alpha value is -2.23. The van der Waals surface area contributed by atoms with Crippen LogP contribution in [0, 0.1) is 23.6 Å². The predicted molar refractivity (Wildman–Crippen MR) is 125 cm³/mol. The fourth-order valence-electron chi connectivity index (χ4n) is 5.98. The monoisotopic (exact) mass is 437 g/mol. The van der Waals surface area contributed by atoms with Crippen LogP contribution in [0.15, 0.2) is 47.5 Å². The van der Waals surface area contributed by atoms with Crippen LogP contribution in [-0.2, 0) is 4.74 Å². The van der Waals surface area contributed by atoms with Gasteiger partial charge in [-0.25, -0.2) is 9.38 Å². The fourth-order valence-corrected chi connectivity index (χ4v) is 5.98. The predicted octanol–water partition coefficient (Wildman–Crippen LogP) is 7.66. The maximum Gasteiger partial charge on any atom is 0.264 e. The van der Waals surface area contributed by atoms with E-state index in [-0.39, 0.29) is 11.7 Å². The Labute approximate surface area is 190 Å². The van der Waals surface area contributed by atoms with Crippen molar-refractivity contribution >= 4 is 5.90 Å². The van der Waals surface area contributed by atoms with Crippen molar-refractivity contribution in [3.63, 3.8) is 0 Å². The summed E-state index contributed by atoms with van der Waals surface area (Å²) in [6, 6.07) is 13.1. The minimum absolute atomic E-state index is 0.197. The molecule has 0 aromatic heterocycles. The van der Waals surface area contributed by atoms with Crippen LogP contribution in [0.1, 0.15) is 76.3 Å². The maximum atomic E-state index is 15.2. The SMILES string of the molecule is CC1CCC2CC(c3ccc(-c4cccc(C5=NC(C)(C)C(F)O5)c4)c(F)c3)CCC2C1. The molecule has 5 unspecified atom stereocenters. The van der Waals surface area contributed by atoms with Gasteiger partial charge in [-0.05, 0) is 98.9 Å². The molecule has 2 nitrogen and oxygen atoms in total. The van der Waals surface area contributed by atoms with Crippen LogP contribution in [0.5, 0.6) is 0 Å². The highest BCUT2D eigenvalue weighted by Crippen LogP contribution is 2.47. The van der Waals surface area contributed by atoms with E-state index in [2.05, 4.69) is 18.0 Å². The summed E-state index contributed by atoms with van der Waals surface area (Å²) in [5.41, 5.74) is 2.20. The summed E-state index contributed by atoms with van der Waals surface area (Å²) in [5, 5.41) is 0. The van der Waals surface area contributed by atoms with Crippen LogP contribution in [0.4, 0.5) is 8.78 Å². The molecule has 0 bridgehead atoms. The van der Waals surface area contributed by atoms with E-state index in [1.807, 2.05) is 30.3 Å². The number of aliphatic imine (C=N–C) groups is 1. The smallest absolute Gasteiger partial charge is 0.264 e. The third-order valence-corrected chi connectivity index (χ3v) is 7.92. The molecule has 4 heteroatoms. The van der Waals surface area contributed by atoms with E-state index in [0.717, 1.165) is 28.9 Å². The van der Waals surface area contributed by atoms with Gasteiger partial charge in [0.05, 0.1) is 0 Å². The van der Waals surface area contributed by atoms with Crippen LogP contribution in [-0.4, -0.2) is 17.8 Å². The number of hydrogen-bond acceptors (Lipinski definition) is 2. The zero-order valence-corrected chi connectivity index (χ0v) is 19.3. The van der Waals surface area contributed by atoms with Crippen molar-refractivity contribution < 1.29 is 13.5 Å². The van der Waals surface area contributed by atoms with Crippen molar-refractivity contribution in [3.05, 3.63) is 59.4 Å². The van der Waals surface area contributed by atoms with Gasteiger partial charge in [-0.15, -0.1) is 0 Å². The highest BCUT2D eigenvalue weighted by Gasteiger charge is 2.39. The topological polar surface area (TPSA) is 21.6 Å². The average Bonchev–Trinajstić information content (AvgIpc) is 3.06. The number of benzene rings is 2. The molecular weight excluding hydrogens is 404 g/mol. The van der Waals surface area contributed by atoms with Crippen molar-refractivity contribution in [2.75, 3.05) is 0 Å². The maximum absolute atomic E-state index is 15.2. The van der Waals surface area contributed by atoms with Crippen molar-refractivity contribution in [2.45, 2.75) is 77.1 Å². The van der Waals surface area contributed by atoms with E-state index in [1.165, 1.54) is 38.5 Å². The molecule has 2 fully saturated rings. The van der Waals surface area contributed by atoms with Gasteiger partial charge in [-0.2, -0.15) is 4.39 Å². The molecular formula is C28H33F2NO. The third-order valence-electron chi connectivity index (χ3n) is 7.92. The number of rotatable bonds is 3. The molecule has 2 saturated carbocycles. The molecule has 1 heterocycles. The Morgan fingerprint density at radius 1 is 0.938 bits per heavy atom. The Balaban J connectivity index is 1.35. The minimum atomic E-state index is -1.47. The number of hydrogen-bond donors (Lipinski definition) is 0. The Bertz CT molecular complexity index is 1030. The molecule has 170 valence electrons. The fraction of sp³-hybridized carbons (Fsp3) is 0.536. The van der Waals surface area contributed by atoms with E-state index in [1.54, 1.807) is 19.9 Å². The zero-order chi connectivity index (χ0) is 22.5. The largest absolute Gasteiger partial charge is 0.440 e. The Kier molecular flexibility index (Phi) is 5.59. The Morgan fingerprint density at radius 2 is 1.69 bits per heavy atom. The van der Waals surface area contributed by atoms with Gasteiger partial charge in [0, 0.05) is 11.1 Å². The molecule has 32 heavy (non-hydrogen) atoms. The second kappa shape index (κ2) is 8.28. The van der Waals surface area contributed by atoms with Gasteiger partial charge in [0.1, 0.15) is 11.4 Å². The lowest BCUT2D eigenvalue weighted by Crippen LogP contribution is -2.29. The molecule has 0 saturated heterocycles. The average molecular weight is 438 g/mol. The summed E-state index contributed by atoms with van der Waals surface area (Å²) in [4.78, 5) is 4.37. The van der Waals surface area contributed by atoms with Crippen LogP contribution in [0.2, 0.25) is 0 Å². The van der Waals surface area contributed by atoms with Crippen molar-refractivity contribution in [1.82, 2.24) is 0 Å². The number of ether oxygens (including phenoxy) is 1. The van der Waals surface area contributed by atoms with E-state index < -0.39 is 11.9 Å². The standard InChI is InChI=1S/C28H33F2NO/c1-17-7-8-19-14-20(10-9-18(19)13-17)21-11-12-24(25(29)16-21)22-5-4-6-23(15-22)26-31-28(2,3)27(30)32-26/h4-6,11-12,15-20,27H,7-10,13-14H2,1-3H3. The molecule has 0 spiro atoms. The molecule has 2 aromatic carbocycles. The summed E-state index contributed by atoms with van der Waals surface area (Å²) in [5.74, 6) is 3.08. The molecule has 5 atom stereocenters. The minimum Gasteiger partial charge on any atom is -0.440 e. The van der Waals surface area contributed by atoms with E-state index in [0.29, 0.717) is 17.0 Å². The number of nitrogens with zero attached hydrogens (tertiary/aromatic N) is 1. The quantitative estimate of drug-likeness (QED) is 0.483. The van der Waals surface area contributed by atoms with Crippen LogP contribution >= 0.6 is 0 Å². The van der Waals surface area contributed by atoms with E-state index in [9.17, 15) is 4.39 Å². The number of halogens is 2. The van der Waals surface area contributed by atoms with Gasteiger partial charge >= 0.3 is 0 Å². The second-order valence-electron chi connectivity index (χ2n) is 10.8. The van der Waals surface area contributed by atoms with Gasteiger partial charge in [0.25, 0.3) is 6.36 Å². The second-order valence-corrected chi connectivity index (χ2v) is 10.8. The molecule has 2 aliphatic carbocycles. The molecule has 1 aliphatic heterocycles. The van der Waals surface area contributed by atoms with Gasteiger partial charge in [-0.3, -0.25) is 0 Å². The van der Waals surface area contributed by atoms with Gasteiger partial charge in [0.2, 0.25) is 5.90 Å². The van der Waals surface area contributed by atoms with E-state index in [4.69, 9.17) is 4.74 Å². The summed E-state index contributed by atoms with van der Waals surface area (Å²) in [6.07, 6.45) is 6.21. The summed E-state index contributed by atoms with van der Waals surface area (Å²) in [7, 11) is 0. The highest BCUT2D eigenvalue weighted by molar-refractivity contribution is 5.96. The first kappa shape index (κ1) is 21.6. The van der Waals surface area contributed by atoms with Crippen molar-refractivity contribution in [1.29, 1.82) is 0 Å². The lowest BCUT2D eigenvalue weighted by Gasteiger charge is -2.41. The first-order chi connectivity index (χ1) is 15.3. The van der Waals surface area contributed by atoms with Crippen LogP contribution < -0.4 is 0 Å². The van der Waals surface area contributed by atoms with Gasteiger partial charge in [-0.1, -0.05) is 37.6 Å². The molecule has 0 N–H and O–H groups in total. The molecule has 5 rings (SSSR count). The molecule has 2 aromatic rings. The third kappa shape index (κ3) is 4.09. The van der Waals surface area contributed by atoms with Gasteiger partial charge < -0.3 is 4.74 Å². The van der Waals surface area contributed by atoms with Crippen molar-refractivity contribution in [3.8, 4) is 11.1 Å². The van der Waals surface area contributed by atoms with E-state index >= 15 is 4.39 Å². The highest BCUT2D eigenvalue weighted by atomic mass is 19.1. The number of fused-ring (bicyclic) bond motifs is 1. The molecule has 0 radical (unpaired) electrons. The normalized spacial score (nSPS) is 31.5. The van der Waals surface area contributed by atoms with Crippen LogP contribution in [0.3, 0.4) is 0 Å². The molecule has 0 amide bonds. The zero-order valence-electron chi connectivity index (χ0n) is 19.3. The summed E-state index contributed by atoms with van der Waals surface area (Å²) >= 11 is 0.